The molecule has 15 heteroatoms. The van der Waals surface area contributed by atoms with E-state index < -0.39 is 39.0 Å². The Bertz CT molecular complexity index is 1570. The summed E-state index contributed by atoms with van der Waals surface area (Å²) in [6, 6.07) is 7.19. The minimum Gasteiger partial charge on any atom is -0.460 e. The van der Waals surface area contributed by atoms with E-state index in [9.17, 15) is 34.6 Å². The number of esters is 1. The van der Waals surface area contributed by atoms with E-state index in [1.807, 2.05) is 0 Å². The number of carbonyl (C=O) groups excluding carboxylic acids is 3. The number of hydrogen-bond acceptors (Lipinski definition) is 9. The van der Waals surface area contributed by atoms with Gasteiger partial charge in [0.05, 0.1) is 27.5 Å². The number of nitro benzene ring substituents is 2. The molecule has 2 aromatic carbocycles. The van der Waals surface area contributed by atoms with Gasteiger partial charge in [-0.2, -0.15) is 0 Å². The molecule has 1 aliphatic rings. The van der Waals surface area contributed by atoms with Gasteiger partial charge in [0, 0.05) is 22.6 Å². The zero-order valence-electron chi connectivity index (χ0n) is 21.4. The van der Waals surface area contributed by atoms with Crippen molar-refractivity contribution in [3.8, 4) is 0 Å². The largest absolute Gasteiger partial charge is 0.460 e. The molecule has 0 bridgehead atoms. The smallest absolute Gasteiger partial charge is 0.338 e. The van der Waals surface area contributed by atoms with Gasteiger partial charge in [0.2, 0.25) is 0 Å². The molecule has 1 heterocycles. The van der Waals surface area contributed by atoms with Crippen molar-refractivity contribution in [2.45, 2.75) is 26.2 Å². The van der Waals surface area contributed by atoms with E-state index in [-0.39, 0.29) is 39.9 Å². The van der Waals surface area contributed by atoms with Crippen LogP contribution >= 0.6 is 34.5 Å². The van der Waals surface area contributed by atoms with Gasteiger partial charge in [-0.15, -0.1) is 11.3 Å². The fraction of sp³-hybridized carbons (Fsp3) is 0.269. The number of rotatable bonds is 9. The van der Waals surface area contributed by atoms with Crippen molar-refractivity contribution in [2.75, 3.05) is 18.5 Å². The molecule has 0 radical (unpaired) electrons. The molecule has 0 spiro atoms. The van der Waals surface area contributed by atoms with Crippen LogP contribution in [-0.4, -0.2) is 40.8 Å². The van der Waals surface area contributed by atoms with Crippen molar-refractivity contribution >= 4 is 68.7 Å². The second-order valence-corrected chi connectivity index (χ2v) is 11.2. The summed E-state index contributed by atoms with van der Waals surface area (Å²) in [4.78, 5) is 60.4. The SMILES string of the molecule is CC1CCc2c(sc(NC(=O)c3ccc(Cl)c([N+](=O)[O-])c3)c2C(=O)NCCOC(=O)c2ccc(Cl)c([N+](=O)[O-])c2)C1. The van der Waals surface area contributed by atoms with Crippen molar-refractivity contribution in [3.05, 3.63) is 93.8 Å². The van der Waals surface area contributed by atoms with Crippen molar-refractivity contribution in [2.24, 2.45) is 5.92 Å². The molecule has 1 aliphatic carbocycles. The zero-order valence-corrected chi connectivity index (χ0v) is 23.7. The summed E-state index contributed by atoms with van der Waals surface area (Å²) in [6.45, 7) is 1.80. The number of nitro groups is 2. The van der Waals surface area contributed by atoms with Gasteiger partial charge in [0.15, 0.2) is 0 Å². The van der Waals surface area contributed by atoms with Crippen LogP contribution in [0.3, 0.4) is 0 Å². The molecule has 0 aliphatic heterocycles. The van der Waals surface area contributed by atoms with Crippen molar-refractivity contribution in [1.29, 1.82) is 0 Å². The first-order valence-electron chi connectivity index (χ1n) is 12.2. The van der Waals surface area contributed by atoms with Crippen LogP contribution in [0, 0.1) is 26.1 Å². The third-order valence-corrected chi connectivity index (χ3v) is 8.18. The molecule has 12 nitrogen and oxygen atoms in total. The van der Waals surface area contributed by atoms with Gasteiger partial charge >= 0.3 is 5.97 Å². The Labute approximate surface area is 246 Å². The number of halogens is 2. The van der Waals surface area contributed by atoms with Gasteiger partial charge in [0.25, 0.3) is 23.2 Å². The van der Waals surface area contributed by atoms with Crippen LogP contribution in [0.4, 0.5) is 16.4 Å². The van der Waals surface area contributed by atoms with E-state index in [1.54, 1.807) is 0 Å². The number of fused-ring (bicyclic) bond motifs is 1. The third kappa shape index (κ3) is 6.81. The fourth-order valence-electron chi connectivity index (χ4n) is 4.31. The van der Waals surface area contributed by atoms with E-state index >= 15 is 0 Å². The maximum Gasteiger partial charge on any atom is 0.338 e. The molecule has 1 unspecified atom stereocenters. The average Bonchev–Trinajstić information content (AvgIpc) is 3.27. The molecule has 4 rings (SSSR count). The summed E-state index contributed by atoms with van der Waals surface area (Å²) in [7, 11) is 0. The summed E-state index contributed by atoms with van der Waals surface area (Å²) < 4.78 is 5.14. The Morgan fingerprint density at radius 3 is 2.24 bits per heavy atom. The monoisotopic (exact) mass is 620 g/mol. The Morgan fingerprint density at radius 1 is 1.00 bits per heavy atom. The zero-order chi connectivity index (χ0) is 29.8. The molecule has 2 N–H and O–H groups in total. The molecule has 2 amide bonds. The molecule has 1 atom stereocenters. The lowest BCUT2D eigenvalue weighted by Crippen LogP contribution is -2.30. The molecular formula is C26H22Cl2N4O8S. The highest BCUT2D eigenvalue weighted by molar-refractivity contribution is 7.17. The quantitative estimate of drug-likeness (QED) is 0.130. The molecule has 1 aromatic heterocycles. The molecule has 0 saturated carbocycles. The van der Waals surface area contributed by atoms with Crippen LogP contribution in [0.15, 0.2) is 36.4 Å². The first-order chi connectivity index (χ1) is 19.5. The van der Waals surface area contributed by atoms with Crippen LogP contribution in [0.1, 0.15) is 54.9 Å². The molecule has 0 saturated heterocycles. The van der Waals surface area contributed by atoms with Crippen LogP contribution in [0.2, 0.25) is 10.0 Å². The van der Waals surface area contributed by atoms with E-state index in [1.165, 1.54) is 35.6 Å². The predicted molar refractivity (Wildman–Crippen MR) is 152 cm³/mol. The van der Waals surface area contributed by atoms with Crippen LogP contribution in [-0.2, 0) is 17.6 Å². The second kappa shape index (κ2) is 12.6. The number of thiophene rings is 1. The summed E-state index contributed by atoms with van der Waals surface area (Å²) in [5, 5.41) is 27.8. The first-order valence-corrected chi connectivity index (χ1v) is 13.8. The van der Waals surface area contributed by atoms with Gasteiger partial charge in [-0.05, 0) is 55.0 Å². The lowest BCUT2D eigenvalue weighted by atomic mass is 9.88. The van der Waals surface area contributed by atoms with Crippen LogP contribution < -0.4 is 10.6 Å². The lowest BCUT2D eigenvalue weighted by molar-refractivity contribution is -0.384. The minimum absolute atomic E-state index is 0.00143. The molecule has 3 aromatic rings. The second-order valence-electron chi connectivity index (χ2n) is 9.25. The van der Waals surface area contributed by atoms with E-state index in [2.05, 4.69) is 17.6 Å². The van der Waals surface area contributed by atoms with Crippen molar-refractivity contribution in [3.63, 3.8) is 0 Å². The Hall–Kier alpha value is -4.07. The standard InChI is InChI=1S/C26H22Cl2N4O8S/c1-13-2-5-16-21(10-13)41-25(30-23(33)14-3-6-17(27)19(11-14)31(36)37)22(16)24(34)29-8-9-40-26(35)15-4-7-18(28)20(12-15)32(38)39/h3-4,6-7,11-13H,2,5,8-10H2,1H3,(H,29,34)(H,30,33). The van der Waals surface area contributed by atoms with Crippen molar-refractivity contribution in [1.82, 2.24) is 5.32 Å². The summed E-state index contributed by atoms with van der Waals surface area (Å²) in [5.41, 5.74) is 0.178. The number of carbonyl (C=O) groups is 3. The van der Waals surface area contributed by atoms with Gasteiger partial charge in [-0.3, -0.25) is 29.8 Å². The van der Waals surface area contributed by atoms with Gasteiger partial charge in [-0.25, -0.2) is 4.79 Å². The number of anilines is 1. The lowest BCUT2D eigenvalue weighted by Gasteiger charge is -2.18. The predicted octanol–water partition coefficient (Wildman–Crippen LogP) is 5.84. The van der Waals surface area contributed by atoms with E-state index in [0.717, 1.165) is 35.4 Å². The minimum atomic E-state index is -0.828. The topological polar surface area (TPSA) is 171 Å². The fourth-order valence-corrected chi connectivity index (χ4v) is 6.08. The number of nitrogens with zero attached hydrogens (tertiary/aromatic N) is 2. The third-order valence-electron chi connectivity index (χ3n) is 6.37. The molecule has 0 fully saturated rings. The number of benzene rings is 2. The molecule has 214 valence electrons. The van der Waals surface area contributed by atoms with Crippen molar-refractivity contribution < 1.29 is 29.0 Å². The van der Waals surface area contributed by atoms with E-state index in [4.69, 9.17) is 27.9 Å². The maximum atomic E-state index is 13.3. The highest BCUT2D eigenvalue weighted by atomic mass is 35.5. The normalized spacial score (nSPS) is 14.1. The van der Waals surface area contributed by atoms with E-state index in [0.29, 0.717) is 17.3 Å². The number of ether oxygens (including phenoxy) is 1. The van der Waals surface area contributed by atoms with Gasteiger partial charge in [-0.1, -0.05) is 30.1 Å². The Morgan fingerprint density at radius 2 is 1.61 bits per heavy atom. The first kappa shape index (κ1) is 29.9. The number of hydrogen-bond donors (Lipinski definition) is 2. The Kier molecular flexibility index (Phi) is 9.21. The Balaban J connectivity index is 1.46. The average molecular weight is 621 g/mol. The van der Waals surface area contributed by atoms with Gasteiger partial charge < -0.3 is 15.4 Å². The summed E-state index contributed by atoms with van der Waals surface area (Å²) >= 11 is 12.9. The summed E-state index contributed by atoms with van der Waals surface area (Å²) in [6.07, 6.45) is 2.21. The molecular weight excluding hydrogens is 599 g/mol. The van der Waals surface area contributed by atoms with Crippen LogP contribution in [0.5, 0.6) is 0 Å². The van der Waals surface area contributed by atoms with Crippen LogP contribution in [0.25, 0.3) is 0 Å². The molecule has 41 heavy (non-hydrogen) atoms. The summed E-state index contributed by atoms with van der Waals surface area (Å²) in [5.74, 6) is -1.57. The van der Waals surface area contributed by atoms with Gasteiger partial charge in [0.1, 0.15) is 21.7 Å². The number of amides is 2. The maximum absolute atomic E-state index is 13.3. The number of nitrogens with one attached hydrogen (secondary N) is 2. The highest BCUT2D eigenvalue weighted by Gasteiger charge is 2.29. The highest BCUT2D eigenvalue weighted by Crippen LogP contribution is 2.40.